The number of aliphatic hydroxyl groups excluding tert-OH is 1. The highest BCUT2D eigenvalue weighted by Gasteiger charge is 2.38. The minimum Gasteiger partial charge on any atom is -0.497 e. The lowest BCUT2D eigenvalue weighted by molar-refractivity contribution is -0.0813. The first-order chi connectivity index (χ1) is 17.2. The van der Waals surface area contributed by atoms with E-state index in [0.717, 1.165) is 52.8 Å². The molecule has 0 spiro atoms. The molecule has 0 aliphatic rings. The summed E-state index contributed by atoms with van der Waals surface area (Å²) in [6.45, 7) is 0.696. The average Bonchev–Trinajstić information content (AvgIpc) is 2.93. The van der Waals surface area contributed by atoms with Gasteiger partial charge in [0.2, 0.25) is 0 Å². The third-order valence-electron chi connectivity index (χ3n) is 5.99. The maximum Gasteiger partial charge on any atom is 0.143 e. The van der Waals surface area contributed by atoms with Crippen LogP contribution in [0.5, 0.6) is 11.5 Å². The molecule has 0 aliphatic heterocycles. The SMILES string of the molecule is COc1ccc(C(OCC(CO)OCCCCCBr)(c2ccccc2)c2ccc(OC)cc2)cc1. The highest BCUT2D eigenvalue weighted by molar-refractivity contribution is 9.09. The molecule has 1 atom stereocenters. The number of halogens is 1. The Balaban J connectivity index is 1.99. The first kappa shape index (κ1) is 27.2. The van der Waals surface area contributed by atoms with Crippen LogP contribution in [-0.4, -0.2) is 50.6 Å². The molecule has 3 aromatic carbocycles. The van der Waals surface area contributed by atoms with Gasteiger partial charge in [-0.1, -0.05) is 76.9 Å². The Morgan fingerprint density at radius 3 is 1.77 bits per heavy atom. The van der Waals surface area contributed by atoms with Gasteiger partial charge in [-0.05, 0) is 53.8 Å². The molecule has 5 nitrogen and oxygen atoms in total. The molecule has 0 amide bonds. The molecule has 0 heterocycles. The molecule has 0 aliphatic carbocycles. The van der Waals surface area contributed by atoms with Gasteiger partial charge in [0.05, 0.1) is 27.4 Å². The van der Waals surface area contributed by atoms with Crippen LogP contribution in [0.1, 0.15) is 36.0 Å². The van der Waals surface area contributed by atoms with E-state index in [-0.39, 0.29) is 13.2 Å². The quantitative estimate of drug-likeness (QED) is 0.146. The molecule has 0 aromatic heterocycles. The van der Waals surface area contributed by atoms with Crippen molar-refractivity contribution in [1.29, 1.82) is 0 Å². The van der Waals surface area contributed by atoms with Crippen LogP contribution >= 0.6 is 15.9 Å². The summed E-state index contributed by atoms with van der Waals surface area (Å²) < 4.78 is 23.6. The molecule has 0 bridgehead atoms. The van der Waals surface area contributed by atoms with E-state index < -0.39 is 11.7 Å². The van der Waals surface area contributed by atoms with Crippen LogP contribution in [0.15, 0.2) is 78.9 Å². The number of aliphatic hydroxyl groups is 1. The Kier molecular flexibility index (Phi) is 11.1. The van der Waals surface area contributed by atoms with Crippen LogP contribution in [0.3, 0.4) is 0 Å². The van der Waals surface area contributed by atoms with Crippen molar-refractivity contribution in [3.05, 3.63) is 95.6 Å². The molecule has 0 fully saturated rings. The summed E-state index contributed by atoms with van der Waals surface area (Å²) in [5.74, 6) is 1.54. The Bertz CT molecular complexity index is 929. The van der Waals surface area contributed by atoms with Crippen molar-refractivity contribution >= 4 is 15.9 Å². The van der Waals surface area contributed by atoms with Crippen molar-refractivity contribution in [3.63, 3.8) is 0 Å². The van der Waals surface area contributed by atoms with Gasteiger partial charge < -0.3 is 24.1 Å². The summed E-state index contributed by atoms with van der Waals surface area (Å²) in [6, 6.07) is 25.9. The molecule has 3 aromatic rings. The van der Waals surface area contributed by atoms with Crippen LogP contribution in [0.4, 0.5) is 0 Å². The van der Waals surface area contributed by atoms with Gasteiger partial charge >= 0.3 is 0 Å². The summed E-state index contributed by atoms with van der Waals surface area (Å²) >= 11 is 3.46. The molecule has 0 saturated heterocycles. The molecule has 1 unspecified atom stereocenters. The van der Waals surface area contributed by atoms with Crippen molar-refractivity contribution in [2.45, 2.75) is 31.0 Å². The predicted octanol–water partition coefficient (Wildman–Crippen LogP) is 5.96. The first-order valence-corrected chi connectivity index (χ1v) is 13.1. The van der Waals surface area contributed by atoms with Crippen molar-refractivity contribution < 1.29 is 24.1 Å². The van der Waals surface area contributed by atoms with E-state index in [0.29, 0.717) is 6.61 Å². The summed E-state index contributed by atoms with van der Waals surface area (Å²) in [6.07, 6.45) is 2.70. The van der Waals surface area contributed by atoms with Gasteiger partial charge in [0.15, 0.2) is 0 Å². The fraction of sp³-hybridized carbons (Fsp3) is 0.379. The summed E-state index contributed by atoms with van der Waals surface area (Å²) in [4.78, 5) is 0. The number of alkyl halides is 1. The summed E-state index contributed by atoms with van der Waals surface area (Å²) in [7, 11) is 3.31. The van der Waals surface area contributed by atoms with Crippen LogP contribution in [0.2, 0.25) is 0 Å². The van der Waals surface area contributed by atoms with E-state index in [2.05, 4.69) is 28.1 Å². The second-order valence-corrected chi connectivity index (χ2v) is 9.03. The molecular weight excluding hydrogens is 508 g/mol. The van der Waals surface area contributed by atoms with Crippen LogP contribution < -0.4 is 9.47 Å². The minimum absolute atomic E-state index is 0.117. The van der Waals surface area contributed by atoms with Crippen molar-refractivity contribution in [2.75, 3.05) is 39.4 Å². The molecule has 0 saturated carbocycles. The van der Waals surface area contributed by atoms with Gasteiger partial charge in [-0.2, -0.15) is 0 Å². The molecule has 35 heavy (non-hydrogen) atoms. The van der Waals surface area contributed by atoms with E-state index in [1.165, 1.54) is 0 Å². The van der Waals surface area contributed by atoms with Gasteiger partial charge in [-0.15, -0.1) is 0 Å². The smallest absolute Gasteiger partial charge is 0.143 e. The lowest BCUT2D eigenvalue weighted by Gasteiger charge is -2.37. The van der Waals surface area contributed by atoms with Gasteiger partial charge in [-0.25, -0.2) is 0 Å². The highest BCUT2D eigenvalue weighted by atomic mass is 79.9. The number of hydrogen-bond donors (Lipinski definition) is 1. The minimum atomic E-state index is -0.924. The lowest BCUT2D eigenvalue weighted by Crippen LogP contribution is -2.37. The number of hydrogen-bond acceptors (Lipinski definition) is 5. The second-order valence-electron chi connectivity index (χ2n) is 8.24. The van der Waals surface area contributed by atoms with Crippen LogP contribution in [0.25, 0.3) is 0 Å². The average molecular weight is 543 g/mol. The summed E-state index contributed by atoms with van der Waals surface area (Å²) in [5, 5.41) is 11.0. The Hall–Kier alpha value is -2.38. The van der Waals surface area contributed by atoms with Gasteiger partial charge in [0.25, 0.3) is 0 Å². The molecular formula is C29H35BrO5. The van der Waals surface area contributed by atoms with E-state index in [9.17, 15) is 5.11 Å². The Morgan fingerprint density at radius 2 is 1.29 bits per heavy atom. The Labute approximate surface area is 217 Å². The third-order valence-corrected chi connectivity index (χ3v) is 6.56. The molecule has 1 N–H and O–H groups in total. The number of ether oxygens (including phenoxy) is 4. The van der Waals surface area contributed by atoms with Gasteiger partial charge in [-0.3, -0.25) is 0 Å². The number of unbranched alkanes of at least 4 members (excludes halogenated alkanes) is 2. The summed E-state index contributed by atoms with van der Waals surface area (Å²) in [5.41, 5.74) is 1.95. The largest absolute Gasteiger partial charge is 0.497 e. The van der Waals surface area contributed by atoms with E-state index in [1.54, 1.807) is 14.2 Å². The standard InChI is InChI=1S/C29H35BrO5/c1-32-26-15-11-24(12-16-26)29(23-9-5-3-6-10-23,25-13-17-27(33-2)18-14-25)35-22-28(21-31)34-20-8-4-7-19-30/h3,5-6,9-18,28,31H,4,7-8,19-22H2,1-2H3. The predicted molar refractivity (Wildman–Crippen MR) is 143 cm³/mol. The fourth-order valence-corrected chi connectivity index (χ4v) is 4.47. The monoisotopic (exact) mass is 542 g/mol. The van der Waals surface area contributed by atoms with Crippen LogP contribution in [0, 0.1) is 0 Å². The lowest BCUT2D eigenvalue weighted by atomic mass is 9.80. The normalized spacial score (nSPS) is 12.3. The van der Waals surface area contributed by atoms with Crippen molar-refractivity contribution in [1.82, 2.24) is 0 Å². The fourth-order valence-electron chi connectivity index (χ4n) is 4.07. The zero-order valence-electron chi connectivity index (χ0n) is 20.5. The third kappa shape index (κ3) is 7.07. The van der Waals surface area contributed by atoms with E-state index in [1.807, 2.05) is 66.7 Å². The highest BCUT2D eigenvalue weighted by Crippen LogP contribution is 2.41. The van der Waals surface area contributed by atoms with Crippen LogP contribution in [-0.2, 0) is 15.1 Å². The maximum atomic E-state index is 10.0. The van der Waals surface area contributed by atoms with E-state index >= 15 is 0 Å². The zero-order valence-corrected chi connectivity index (χ0v) is 22.1. The van der Waals surface area contributed by atoms with E-state index in [4.69, 9.17) is 18.9 Å². The zero-order chi connectivity index (χ0) is 24.9. The molecule has 6 heteroatoms. The van der Waals surface area contributed by atoms with Crippen molar-refractivity contribution in [3.8, 4) is 11.5 Å². The maximum absolute atomic E-state index is 10.0. The molecule has 3 rings (SSSR count). The topological polar surface area (TPSA) is 57.2 Å². The first-order valence-electron chi connectivity index (χ1n) is 11.9. The molecule has 188 valence electrons. The number of methoxy groups -OCH3 is 2. The second kappa shape index (κ2) is 14.2. The number of rotatable bonds is 15. The number of benzene rings is 3. The van der Waals surface area contributed by atoms with Crippen molar-refractivity contribution in [2.24, 2.45) is 0 Å². The Morgan fingerprint density at radius 1 is 0.743 bits per heavy atom. The molecule has 0 radical (unpaired) electrons. The van der Waals surface area contributed by atoms with Gasteiger partial charge in [0.1, 0.15) is 23.2 Å². The van der Waals surface area contributed by atoms with Gasteiger partial charge in [0, 0.05) is 11.9 Å².